The third kappa shape index (κ3) is 7.01. The van der Waals surface area contributed by atoms with E-state index >= 15 is 0 Å². The van der Waals surface area contributed by atoms with Gasteiger partial charge < -0.3 is 4.74 Å². The summed E-state index contributed by atoms with van der Waals surface area (Å²) in [6.45, 7) is 0.540. The molecule has 0 aliphatic heterocycles. The predicted octanol–water partition coefficient (Wildman–Crippen LogP) is 4.92. The molecule has 36 heavy (non-hydrogen) atoms. The normalized spacial score (nSPS) is 10.2. The van der Waals surface area contributed by atoms with Crippen LogP contribution in [-0.4, -0.2) is 23.5 Å². The Bertz CT molecular complexity index is 1310. The number of hydrogen-bond acceptors (Lipinski definition) is 4. The van der Waals surface area contributed by atoms with E-state index in [9.17, 15) is 9.59 Å². The fourth-order valence-electron chi connectivity index (χ4n) is 3.47. The lowest BCUT2D eigenvalue weighted by Gasteiger charge is -2.12. The Morgan fingerprint density at radius 1 is 0.639 bits per heavy atom. The molecule has 0 heterocycles. The minimum absolute atomic E-state index is 0.0163. The van der Waals surface area contributed by atoms with Gasteiger partial charge in [-0.05, 0) is 65.3 Å². The van der Waals surface area contributed by atoms with Gasteiger partial charge in [-0.15, -0.1) is 0 Å². The highest BCUT2D eigenvalue weighted by Gasteiger charge is 2.10. The maximum Gasteiger partial charge on any atom is 0.269 e. The summed E-state index contributed by atoms with van der Waals surface area (Å²) in [7, 11) is 0. The minimum Gasteiger partial charge on any atom is -0.493 e. The second kappa shape index (κ2) is 12.3. The van der Waals surface area contributed by atoms with Crippen molar-refractivity contribution in [3.63, 3.8) is 0 Å². The van der Waals surface area contributed by atoms with Crippen molar-refractivity contribution in [1.82, 2.24) is 16.2 Å². The molecule has 0 saturated carbocycles. The number of nitrogens with one attached hydrogen (secondary N) is 3. The van der Waals surface area contributed by atoms with Gasteiger partial charge >= 0.3 is 0 Å². The first-order valence-electron chi connectivity index (χ1n) is 11.4. The van der Waals surface area contributed by atoms with Gasteiger partial charge in [-0.25, -0.2) is 0 Å². The van der Waals surface area contributed by atoms with Crippen molar-refractivity contribution < 1.29 is 14.3 Å². The third-order valence-corrected chi connectivity index (χ3v) is 5.59. The first-order chi connectivity index (χ1) is 17.6. The average molecular weight is 496 g/mol. The molecule has 0 fully saturated rings. The number of amides is 2. The van der Waals surface area contributed by atoms with Crippen LogP contribution in [0.4, 0.5) is 0 Å². The van der Waals surface area contributed by atoms with E-state index in [1.165, 1.54) is 5.56 Å². The molecule has 3 N–H and O–H groups in total. The summed E-state index contributed by atoms with van der Waals surface area (Å²) in [5.74, 6) is -0.0956. The van der Waals surface area contributed by atoms with Gasteiger partial charge in [-0.2, -0.15) is 0 Å². The Balaban J connectivity index is 1.21. The molecule has 0 aliphatic rings. The van der Waals surface area contributed by atoms with Gasteiger partial charge in [0.15, 0.2) is 5.11 Å². The van der Waals surface area contributed by atoms with Crippen molar-refractivity contribution in [2.24, 2.45) is 0 Å². The molecule has 6 nitrogen and oxygen atoms in total. The highest BCUT2D eigenvalue weighted by Crippen LogP contribution is 2.19. The smallest absolute Gasteiger partial charge is 0.269 e. The topological polar surface area (TPSA) is 79.5 Å². The first-order valence-corrected chi connectivity index (χ1v) is 11.8. The summed E-state index contributed by atoms with van der Waals surface area (Å²) < 4.78 is 5.75. The molecule has 0 saturated heterocycles. The molecule has 0 unspecified atom stereocenters. The fraction of sp³-hybridized carbons (Fsp3) is 0.0690. The quantitative estimate of drug-likeness (QED) is 0.250. The number of thiocarbonyl (C=S) groups is 1. The molecule has 0 spiro atoms. The van der Waals surface area contributed by atoms with E-state index in [1.54, 1.807) is 36.4 Å². The predicted molar refractivity (Wildman–Crippen MR) is 145 cm³/mol. The van der Waals surface area contributed by atoms with Crippen LogP contribution < -0.4 is 20.9 Å². The van der Waals surface area contributed by atoms with E-state index in [4.69, 9.17) is 17.0 Å². The Kier molecular flexibility index (Phi) is 8.40. The molecule has 4 aromatic rings. The van der Waals surface area contributed by atoms with Crippen molar-refractivity contribution in [3.8, 4) is 16.9 Å². The summed E-state index contributed by atoms with van der Waals surface area (Å²) >= 11 is 5.13. The molecule has 0 aromatic heterocycles. The van der Waals surface area contributed by atoms with Crippen LogP contribution in [0.2, 0.25) is 0 Å². The molecule has 0 bridgehead atoms. The fourth-order valence-corrected chi connectivity index (χ4v) is 3.61. The molecule has 0 aliphatic carbocycles. The highest BCUT2D eigenvalue weighted by molar-refractivity contribution is 7.80. The third-order valence-electron chi connectivity index (χ3n) is 5.39. The standard InChI is InChI=1S/C29H25N3O3S/c33-27(24-15-17-26(18-16-24)35-20-19-21-7-3-1-4-8-21)30-29(36)32-31-28(34)25-13-11-23(12-14-25)22-9-5-2-6-10-22/h1-18H,19-20H2,(H,31,34)(H2,30,32,33,36). The van der Waals surface area contributed by atoms with Gasteiger partial charge in [0.25, 0.3) is 11.8 Å². The van der Waals surface area contributed by atoms with Crippen molar-refractivity contribution in [1.29, 1.82) is 0 Å². The molecule has 4 rings (SSSR count). The van der Waals surface area contributed by atoms with Crippen molar-refractivity contribution in [2.75, 3.05) is 6.61 Å². The van der Waals surface area contributed by atoms with Crippen LogP contribution in [0.3, 0.4) is 0 Å². The van der Waals surface area contributed by atoms with Crippen LogP contribution in [0.15, 0.2) is 109 Å². The second-order valence-electron chi connectivity index (χ2n) is 7.91. The SMILES string of the molecule is O=C(NNC(=S)NC(=O)c1ccc(OCCc2ccccc2)cc1)c1ccc(-c2ccccc2)cc1. The molecule has 7 heteroatoms. The average Bonchev–Trinajstić information content (AvgIpc) is 2.93. The summed E-state index contributed by atoms with van der Waals surface area (Å²) in [5.41, 5.74) is 9.20. The molecule has 0 atom stereocenters. The van der Waals surface area contributed by atoms with E-state index in [-0.39, 0.29) is 11.0 Å². The van der Waals surface area contributed by atoms with Crippen molar-refractivity contribution >= 4 is 29.1 Å². The van der Waals surface area contributed by atoms with Crippen LogP contribution in [0.1, 0.15) is 26.3 Å². The van der Waals surface area contributed by atoms with Gasteiger partial charge in [0.1, 0.15) is 5.75 Å². The number of hydrogen-bond donors (Lipinski definition) is 3. The van der Waals surface area contributed by atoms with Gasteiger partial charge in [0.2, 0.25) is 0 Å². The maximum absolute atomic E-state index is 12.5. The summed E-state index contributed by atoms with van der Waals surface area (Å²) in [5, 5.41) is 2.53. The van der Waals surface area contributed by atoms with Crippen LogP contribution in [-0.2, 0) is 6.42 Å². The minimum atomic E-state index is -0.398. The van der Waals surface area contributed by atoms with E-state index in [0.29, 0.717) is 23.5 Å². The lowest BCUT2D eigenvalue weighted by molar-refractivity contribution is 0.0934. The van der Waals surface area contributed by atoms with Crippen molar-refractivity contribution in [3.05, 3.63) is 126 Å². The monoisotopic (exact) mass is 495 g/mol. The van der Waals surface area contributed by atoms with Crippen LogP contribution in [0.5, 0.6) is 5.75 Å². The Morgan fingerprint density at radius 2 is 1.19 bits per heavy atom. The largest absolute Gasteiger partial charge is 0.493 e. The van der Waals surface area contributed by atoms with Gasteiger partial charge in [-0.1, -0.05) is 72.8 Å². The number of carbonyl (C=O) groups excluding carboxylic acids is 2. The Hall–Kier alpha value is -4.49. The summed E-state index contributed by atoms with van der Waals surface area (Å²) in [6, 6.07) is 33.9. The first kappa shape index (κ1) is 24.6. The number of ether oxygens (including phenoxy) is 1. The molecular formula is C29H25N3O3S. The lowest BCUT2D eigenvalue weighted by atomic mass is 10.0. The molecule has 2 amide bonds. The zero-order valence-corrected chi connectivity index (χ0v) is 20.3. The van der Waals surface area contributed by atoms with E-state index < -0.39 is 5.91 Å². The molecule has 4 aromatic carbocycles. The molecule has 0 radical (unpaired) electrons. The van der Waals surface area contributed by atoms with Crippen molar-refractivity contribution in [2.45, 2.75) is 6.42 Å². The van der Waals surface area contributed by atoms with Gasteiger partial charge in [-0.3, -0.25) is 25.8 Å². The number of benzene rings is 4. The maximum atomic E-state index is 12.5. The van der Waals surface area contributed by atoms with E-state index in [2.05, 4.69) is 28.3 Å². The summed E-state index contributed by atoms with van der Waals surface area (Å²) in [4.78, 5) is 24.9. The number of carbonyl (C=O) groups is 2. The van der Waals surface area contributed by atoms with Gasteiger partial charge in [0, 0.05) is 17.5 Å². The highest BCUT2D eigenvalue weighted by atomic mass is 32.1. The Morgan fingerprint density at radius 3 is 1.86 bits per heavy atom. The van der Waals surface area contributed by atoms with Crippen LogP contribution in [0, 0.1) is 0 Å². The lowest BCUT2D eigenvalue weighted by Crippen LogP contribution is -2.48. The van der Waals surface area contributed by atoms with Crippen LogP contribution in [0.25, 0.3) is 11.1 Å². The zero-order chi connectivity index (χ0) is 25.2. The second-order valence-corrected chi connectivity index (χ2v) is 8.32. The van der Waals surface area contributed by atoms with E-state index in [0.717, 1.165) is 17.5 Å². The Labute approximate surface area is 215 Å². The van der Waals surface area contributed by atoms with Crippen LogP contribution >= 0.6 is 12.2 Å². The summed E-state index contributed by atoms with van der Waals surface area (Å²) in [6.07, 6.45) is 0.798. The van der Waals surface area contributed by atoms with E-state index in [1.807, 2.05) is 60.7 Å². The molecular weight excluding hydrogens is 470 g/mol. The number of rotatable bonds is 7. The zero-order valence-electron chi connectivity index (χ0n) is 19.4. The van der Waals surface area contributed by atoms with Gasteiger partial charge in [0.05, 0.1) is 6.61 Å². The molecule has 180 valence electrons. The number of hydrazine groups is 1.